The largest absolute Gasteiger partial charge is 0.392 e. The number of allylic oxidation sites excluding steroid dienone is 2. The Hall–Kier alpha value is -1.10. The number of carbonyl (C=O) groups is 1. The molecule has 0 fully saturated rings. The summed E-state index contributed by atoms with van der Waals surface area (Å²) in [6.07, 6.45) is -3.52. The van der Waals surface area contributed by atoms with Crippen LogP contribution >= 0.6 is 11.3 Å². The van der Waals surface area contributed by atoms with Gasteiger partial charge in [-0.3, -0.25) is 4.79 Å². The van der Waals surface area contributed by atoms with Crippen LogP contribution < -0.4 is 0 Å². The first-order valence-corrected chi connectivity index (χ1v) is 4.68. The minimum Gasteiger partial charge on any atom is -0.288 e. The van der Waals surface area contributed by atoms with Crippen LogP contribution in [-0.4, -0.2) is 12.0 Å². The average Bonchev–Trinajstić information content (AvgIpc) is 2.53. The van der Waals surface area contributed by atoms with Gasteiger partial charge >= 0.3 is 6.18 Å². The highest BCUT2D eigenvalue weighted by Gasteiger charge is 2.24. The highest BCUT2D eigenvalue weighted by molar-refractivity contribution is 7.12. The van der Waals surface area contributed by atoms with E-state index in [1.165, 1.54) is 11.3 Å². The smallest absolute Gasteiger partial charge is 0.288 e. The normalized spacial score (nSPS) is 12.2. The summed E-state index contributed by atoms with van der Waals surface area (Å²) in [5.74, 6) is -0.385. The lowest BCUT2D eigenvalue weighted by Crippen LogP contribution is -2.04. The zero-order valence-corrected chi connectivity index (χ0v) is 7.86. The molecule has 1 nitrogen and oxygen atoms in total. The molecule has 0 aromatic carbocycles. The van der Waals surface area contributed by atoms with Crippen LogP contribution in [0.15, 0.2) is 29.7 Å². The van der Waals surface area contributed by atoms with Crippen LogP contribution in [0.4, 0.5) is 13.2 Å². The molecule has 0 amide bonds. The van der Waals surface area contributed by atoms with E-state index in [4.69, 9.17) is 0 Å². The highest BCUT2D eigenvalue weighted by atomic mass is 32.1. The quantitative estimate of drug-likeness (QED) is 0.563. The highest BCUT2D eigenvalue weighted by Crippen LogP contribution is 2.20. The number of halogens is 3. The molecule has 0 aliphatic carbocycles. The fourth-order valence-corrected chi connectivity index (χ4v) is 1.45. The van der Waals surface area contributed by atoms with E-state index >= 15 is 0 Å². The van der Waals surface area contributed by atoms with Gasteiger partial charge in [-0.15, -0.1) is 11.3 Å². The molecule has 0 bridgehead atoms. The third-order valence-electron chi connectivity index (χ3n) is 1.38. The molecule has 0 radical (unpaired) electrons. The number of alkyl halides is 3. The van der Waals surface area contributed by atoms with Gasteiger partial charge in [-0.25, -0.2) is 0 Å². The Balaban J connectivity index is 2.50. The molecule has 0 atom stereocenters. The minimum absolute atomic E-state index is 0.385. The van der Waals surface area contributed by atoms with Crippen LogP contribution in [0.1, 0.15) is 16.1 Å². The van der Waals surface area contributed by atoms with Crippen molar-refractivity contribution in [2.45, 2.75) is 12.6 Å². The lowest BCUT2D eigenvalue weighted by atomic mass is 10.2. The van der Waals surface area contributed by atoms with Crippen molar-refractivity contribution in [3.63, 3.8) is 0 Å². The summed E-state index contributed by atoms with van der Waals surface area (Å²) in [5, 5.41) is 1.70. The summed E-state index contributed by atoms with van der Waals surface area (Å²) >= 11 is 1.21. The van der Waals surface area contributed by atoms with Crippen molar-refractivity contribution in [2.75, 3.05) is 0 Å². The van der Waals surface area contributed by atoms with Crippen LogP contribution in [0.2, 0.25) is 0 Å². The minimum atomic E-state index is -4.24. The summed E-state index contributed by atoms with van der Waals surface area (Å²) in [4.78, 5) is 11.6. The molecule has 1 rings (SSSR count). The number of carbonyl (C=O) groups excluding carboxylic acids is 1. The molecule has 76 valence electrons. The zero-order valence-electron chi connectivity index (χ0n) is 7.04. The average molecular weight is 220 g/mol. The van der Waals surface area contributed by atoms with E-state index in [0.29, 0.717) is 4.88 Å². The molecular weight excluding hydrogens is 213 g/mol. The Morgan fingerprint density at radius 3 is 2.71 bits per heavy atom. The number of thiophene rings is 1. The third-order valence-corrected chi connectivity index (χ3v) is 2.27. The van der Waals surface area contributed by atoms with Crippen LogP contribution in [0, 0.1) is 0 Å². The van der Waals surface area contributed by atoms with Gasteiger partial charge in [-0.1, -0.05) is 12.1 Å². The van der Waals surface area contributed by atoms with Gasteiger partial charge < -0.3 is 0 Å². The van der Waals surface area contributed by atoms with E-state index < -0.39 is 12.6 Å². The predicted molar refractivity (Wildman–Crippen MR) is 48.5 cm³/mol. The summed E-state index contributed by atoms with van der Waals surface area (Å²) in [6, 6.07) is 3.25. The maximum atomic E-state index is 11.7. The molecular formula is C9H7F3OS. The van der Waals surface area contributed by atoms with Crippen molar-refractivity contribution < 1.29 is 18.0 Å². The number of ketones is 1. The number of hydrogen-bond acceptors (Lipinski definition) is 2. The molecule has 0 aliphatic heterocycles. The standard InChI is InChI=1S/C9H7F3OS/c10-9(11,12)5-1-3-7(13)8-4-2-6-14-8/h1-4,6H,5H2/b3-1+. The monoisotopic (exact) mass is 220 g/mol. The Morgan fingerprint density at radius 1 is 1.50 bits per heavy atom. The Bertz CT molecular complexity index is 324. The van der Waals surface area contributed by atoms with E-state index in [0.717, 1.165) is 12.2 Å². The third kappa shape index (κ3) is 3.74. The fraction of sp³-hybridized carbons (Fsp3) is 0.222. The van der Waals surface area contributed by atoms with Crippen molar-refractivity contribution in [3.05, 3.63) is 34.5 Å². The zero-order chi connectivity index (χ0) is 10.6. The molecule has 0 N–H and O–H groups in total. The first kappa shape index (κ1) is 11.0. The van der Waals surface area contributed by atoms with Crippen molar-refractivity contribution in [1.82, 2.24) is 0 Å². The first-order valence-electron chi connectivity index (χ1n) is 3.80. The molecule has 14 heavy (non-hydrogen) atoms. The first-order chi connectivity index (χ1) is 6.49. The SMILES string of the molecule is O=C(/C=C/CC(F)(F)F)c1cccs1. The molecule has 0 saturated carbocycles. The maximum Gasteiger partial charge on any atom is 0.392 e. The van der Waals surface area contributed by atoms with Gasteiger partial charge in [0.05, 0.1) is 11.3 Å². The molecule has 1 aromatic rings. The van der Waals surface area contributed by atoms with Gasteiger partial charge in [0.25, 0.3) is 0 Å². The summed E-state index contributed by atoms with van der Waals surface area (Å²) < 4.78 is 35.1. The van der Waals surface area contributed by atoms with Crippen molar-refractivity contribution in [1.29, 1.82) is 0 Å². The van der Waals surface area contributed by atoms with Gasteiger partial charge in [0.15, 0.2) is 5.78 Å². The maximum absolute atomic E-state index is 11.7. The van der Waals surface area contributed by atoms with Crippen LogP contribution in [0.3, 0.4) is 0 Å². The Morgan fingerprint density at radius 2 is 2.21 bits per heavy atom. The van der Waals surface area contributed by atoms with Crippen molar-refractivity contribution >= 4 is 17.1 Å². The summed E-state index contributed by atoms with van der Waals surface area (Å²) in [6.45, 7) is 0. The lowest BCUT2D eigenvalue weighted by molar-refractivity contribution is -0.125. The second-order valence-corrected chi connectivity index (χ2v) is 3.51. The predicted octanol–water partition coefficient (Wildman–Crippen LogP) is 3.44. The lowest BCUT2D eigenvalue weighted by Gasteiger charge is -1.99. The van der Waals surface area contributed by atoms with Crippen LogP contribution in [0.5, 0.6) is 0 Å². The van der Waals surface area contributed by atoms with Gasteiger partial charge in [0.2, 0.25) is 0 Å². The van der Waals surface area contributed by atoms with Crippen LogP contribution in [0.25, 0.3) is 0 Å². The van der Waals surface area contributed by atoms with Gasteiger partial charge in [-0.2, -0.15) is 13.2 Å². The van der Waals surface area contributed by atoms with Gasteiger partial charge in [0, 0.05) is 0 Å². The van der Waals surface area contributed by atoms with E-state index in [1.54, 1.807) is 17.5 Å². The van der Waals surface area contributed by atoms with Crippen molar-refractivity contribution in [3.8, 4) is 0 Å². The second-order valence-electron chi connectivity index (χ2n) is 2.56. The fourth-order valence-electron chi connectivity index (χ4n) is 0.800. The van der Waals surface area contributed by atoms with E-state index in [2.05, 4.69) is 0 Å². The summed E-state index contributed by atoms with van der Waals surface area (Å²) in [5.41, 5.74) is 0. The van der Waals surface area contributed by atoms with Gasteiger partial charge in [-0.05, 0) is 17.5 Å². The Kier molecular flexibility index (Phi) is 3.46. The second kappa shape index (κ2) is 4.41. The molecule has 0 unspecified atom stereocenters. The molecule has 1 heterocycles. The Labute approximate surface area is 82.9 Å². The van der Waals surface area contributed by atoms with Crippen LogP contribution in [-0.2, 0) is 0 Å². The van der Waals surface area contributed by atoms with E-state index in [1.807, 2.05) is 0 Å². The molecule has 0 aliphatic rings. The molecule has 1 aromatic heterocycles. The summed E-state index contributed by atoms with van der Waals surface area (Å²) in [7, 11) is 0. The topological polar surface area (TPSA) is 17.1 Å². The number of rotatable bonds is 3. The molecule has 0 spiro atoms. The molecule has 0 saturated heterocycles. The van der Waals surface area contributed by atoms with Gasteiger partial charge in [0.1, 0.15) is 0 Å². The van der Waals surface area contributed by atoms with E-state index in [9.17, 15) is 18.0 Å². The molecule has 5 heteroatoms. The van der Waals surface area contributed by atoms with E-state index in [-0.39, 0.29) is 5.78 Å². The number of hydrogen-bond donors (Lipinski definition) is 0. The van der Waals surface area contributed by atoms with Crippen molar-refractivity contribution in [2.24, 2.45) is 0 Å².